The lowest BCUT2D eigenvalue weighted by molar-refractivity contribution is -0.129. The molecule has 2 aromatic heterocycles. The predicted molar refractivity (Wildman–Crippen MR) is 212 cm³/mol. The van der Waals surface area contributed by atoms with Crippen LogP contribution in [0.25, 0.3) is 5.00 Å². The minimum Gasteiger partial charge on any atom is -0.379 e. The van der Waals surface area contributed by atoms with Crippen molar-refractivity contribution < 1.29 is 28.6 Å². The fraction of sp³-hybridized carbons (Fsp3) is 0.450. The molecule has 11 nitrogen and oxygen atoms in total. The van der Waals surface area contributed by atoms with Gasteiger partial charge in [-0.1, -0.05) is 35.9 Å². The zero-order valence-electron chi connectivity index (χ0n) is 30.9. The van der Waals surface area contributed by atoms with E-state index in [1.807, 2.05) is 47.9 Å². The number of carbonyl (C=O) groups excluding carboxylic acids is 3. The number of ether oxygens (including phenoxy) is 3. The fourth-order valence-corrected chi connectivity index (χ4v) is 8.97. The predicted octanol–water partition coefficient (Wildman–Crippen LogP) is 6.77. The van der Waals surface area contributed by atoms with Crippen LogP contribution in [-0.2, 0) is 35.0 Å². The van der Waals surface area contributed by atoms with Crippen molar-refractivity contribution in [3.63, 3.8) is 0 Å². The van der Waals surface area contributed by atoms with Crippen LogP contribution in [0.2, 0.25) is 5.02 Å². The van der Waals surface area contributed by atoms with E-state index in [9.17, 15) is 14.4 Å². The first kappa shape index (κ1) is 40.0. The lowest BCUT2D eigenvalue weighted by Gasteiger charge is -2.19. The molecule has 6 rings (SSSR count). The number of benzene rings is 2. The average molecular weight is 792 g/mol. The van der Waals surface area contributed by atoms with Gasteiger partial charge < -0.3 is 19.5 Å². The van der Waals surface area contributed by atoms with E-state index >= 15 is 0 Å². The van der Waals surface area contributed by atoms with E-state index in [1.165, 1.54) is 10.4 Å². The smallest absolute Gasteiger partial charge is 0.222 e. The van der Waals surface area contributed by atoms with Gasteiger partial charge >= 0.3 is 0 Å². The molecule has 1 amide bonds. The van der Waals surface area contributed by atoms with Crippen LogP contribution in [0.15, 0.2) is 58.4 Å². The van der Waals surface area contributed by atoms with Crippen LogP contribution in [0.5, 0.6) is 0 Å². The number of aryl methyl sites for hydroxylation is 3. The van der Waals surface area contributed by atoms with E-state index in [1.54, 1.807) is 23.1 Å². The number of thiophene rings is 1. The molecule has 0 saturated heterocycles. The second-order valence-corrected chi connectivity index (χ2v) is 16.3. The maximum Gasteiger partial charge on any atom is 0.222 e. The monoisotopic (exact) mass is 791 g/mol. The molecule has 1 saturated carbocycles. The first-order chi connectivity index (χ1) is 26.2. The van der Waals surface area contributed by atoms with Gasteiger partial charge in [-0.2, -0.15) is 0 Å². The van der Waals surface area contributed by atoms with Gasteiger partial charge in [0.2, 0.25) is 5.91 Å². The quantitative estimate of drug-likeness (QED) is 0.0856. The van der Waals surface area contributed by atoms with Gasteiger partial charge in [-0.15, -0.1) is 33.3 Å². The number of carbonyl (C=O) groups is 3. The topological polar surface area (TPSA) is 134 Å². The second kappa shape index (κ2) is 19.2. The minimum absolute atomic E-state index is 0.0423. The molecule has 0 bridgehead atoms. The molecule has 1 aliphatic carbocycles. The summed E-state index contributed by atoms with van der Waals surface area (Å²) in [4.78, 5) is 44.3. The Morgan fingerprint density at radius 3 is 2.48 bits per heavy atom. The number of aromatic nitrogens is 3. The molecule has 3 heterocycles. The number of nitrogens with one attached hydrogen (secondary N) is 1. The lowest BCUT2D eigenvalue weighted by Crippen LogP contribution is -2.29. The Morgan fingerprint density at radius 2 is 1.72 bits per heavy atom. The van der Waals surface area contributed by atoms with Crippen LogP contribution in [0.4, 0.5) is 0 Å². The maximum absolute atomic E-state index is 13.2. The molecule has 1 aliphatic heterocycles. The van der Waals surface area contributed by atoms with Crippen molar-refractivity contribution in [2.45, 2.75) is 75.5 Å². The highest BCUT2D eigenvalue weighted by Crippen LogP contribution is 2.39. The molecule has 2 atom stereocenters. The number of fused-ring (bicyclic) bond motifs is 3. The molecule has 1 N–H and O–H groups in total. The van der Waals surface area contributed by atoms with Crippen LogP contribution in [0.1, 0.15) is 76.9 Å². The summed E-state index contributed by atoms with van der Waals surface area (Å²) in [5, 5.41) is 13.3. The number of rotatable bonds is 18. The van der Waals surface area contributed by atoms with Crippen molar-refractivity contribution in [2.24, 2.45) is 4.99 Å². The molecule has 2 aliphatic rings. The first-order valence-electron chi connectivity index (χ1n) is 18.3. The summed E-state index contributed by atoms with van der Waals surface area (Å²) in [5.74, 6) is 1.33. The molecular weight excluding hydrogens is 746 g/mol. The molecule has 1 fully saturated rings. The van der Waals surface area contributed by atoms with Gasteiger partial charge in [0.05, 0.1) is 56.8 Å². The second-order valence-electron chi connectivity index (χ2n) is 13.4. The summed E-state index contributed by atoms with van der Waals surface area (Å²) in [7, 11) is 0. The van der Waals surface area contributed by atoms with Gasteiger partial charge in [0.15, 0.2) is 11.6 Å². The van der Waals surface area contributed by atoms with Crippen molar-refractivity contribution in [3.05, 3.63) is 92.3 Å². The number of nitrogens with zero attached hydrogens (tertiary/aromatic N) is 4. The van der Waals surface area contributed by atoms with Gasteiger partial charge in [-0.25, -0.2) is 0 Å². The first-order valence-corrected chi connectivity index (χ1v) is 20.4. The summed E-state index contributed by atoms with van der Waals surface area (Å²) in [6.45, 7) is 9.28. The number of hydrogen-bond donors (Lipinski definition) is 1. The number of aliphatic imine (C=N–C) groups is 1. The van der Waals surface area contributed by atoms with Crippen LogP contribution in [0, 0.1) is 20.8 Å². The Morgan fingerprint density at radius 1 is 0.981 bits per heavy atom. The van der Waals surface area contributed by atoms with Crippen LogP contribution in [-0.4, -0.2) is 89.4 Å². The van der Waals surface area contributed by atoms with Crippen molar-refractivity contribution in [1.29, 1.82) is 0 Å². The summed E-state index contributed by atoms with van der Waals surface area (Å²) in [6.07, 6.45) is 3.06. The SMILES string of the molecule is Cc1sc2c(c1C)C(c1ccc(Cl)cc1)=N[C@@H](CC(=O)NCCOCCOCCOCCCc1cccc(SC3CCC(=O)CC3=O)c1)c1nnc(C)n1-2. The van der Waals surface area contributed by atoms with E-state index < -0.39 is 6.04 Å². The van der Waals surface area contributed by atoms with Gasteiger partial charge in [0.1, 0.15) is 22.7 Å². The number of ketones is 2. The van der Waals surface area contributed by atoms with E-state index in [0.29, 0.717) is 69.9 Å². The van der Waals surface area contributed by atoms with Crippen molar-refractivity contribution in [2.75, 3.05) is 46.2 Å². The molecule has 14 heteroatoms. The normalized spacial score (nSPS) is 16.9. The third kappa shape index (κ3) is 10.3. The molecule has 4 aromatic rings. The summed E-state index contributed by atoms with van der Waals surface area (Å²) in [5.41, 5.74) is 5.11. The van der Waals surface area contributed by atoms with Crippen LogP contribution < -0.4 is 5.32 Å². The summed E-state index contributed by atoms with van der Waals surface area (Å²) in [6, 6.07) is 15.3. The highest BCUT2D eigenvalue weighted by atomic mass is 35.5. The molecular formula is C40H46ClN5O6S2. The molecule has 1 unspecified atom stereocenters. The van der Waals surface area contributed by atoms with Crippen LogP contribution in [0.3, 0.4) is 0 Å². The van der Waals surface area contributed by atoms with Gasteiger partial charge in [-0.05, 0) is 75.4 Å². The number of hydrogen-bond acceptors (Lipinski definition) is 11. The lowest BCUT2D eigenvalue weighted by atomic mass is 9.98. The van der Waals surface area contributed by atoms with Gasteiger partial charge in [0, 0.05) is 45.5 Å². The summed E-state index contributed by atoms with van der Waals surface area (Å²) < 4.78 is 19.1. The Bertz CT molecular complexity index is 1980. The number of Topliss-reactive ketones (excluding diaryl/α,β-unsaturated/α-hetero) is 2. The molecule has 0 spiro atoms. The van der Waals surface area contributed by atoms with E-state index in [4.69, 9.17) is 30.8 Å². The third-order valence-corrected chi connectivity index (χ3v) is 12.1. The Balaban J connectivity index is 0.864. The molecule has 286 valence electrons. The van der Waals surface area contributed by atoms with Crippen molar-refractivity contribution in [1.82, 2.24) is 20.1 Å². The summed E-state index contributed by atoms with van der Waals surface area (Å²) >= 11 is 9.45. The Hall–Kier alpha value is -3.72. The maximum atomic E-state index is 13.2. The third-order valence-electron chi connectivity index (χ3n) is 9.40. The largest absolute Gasteiger partial charge is 0.379 e. The van der Waals surface area contributed by atoms with E-state index in [0.717, 1.165) is 51.0 Å². The molecule has 0 radical (unpaired) electrons. The number of thioether (sulfide) groups is 1. The van der Waals surface area contributed by atoms with Crippen LogP contribution >= 0.6 is 34.7 Å². The Labute approximate surface area is 329 Å². The number of amides is 1. The minimum atomic E-state index is -0.531. The molecule has 2 aromatic carbocycles. The zero-order valence-corrected chi connectivity index (χ0v) is 33.3. The van der Waals surface area contributed by atoms with E-state index in [-0.39, 0.29) is 35.6 Å². The highest BCUT2D eigenvalue weighted by molar-refractivity contribution is 8.00. The number of halogens is 1. The van der Waals surface area contributed by atoms with Gasteiger partial charge in [-0.3, -0.25) is 23.9 Å². The van der Waals surface area contributed by atoms with Crippen molar-refractivity contribution >= 4 is 57.9 Å². The highest BCUT2D eigenvalue weighted by Gasteiger charge is 2.32. The van der Waals surface area contributed by atoms with E-state index in [2.05, 4.69) is 41.5 Å². The van der Waals surface area contributed by atoms with Crippen molar-refractivity contribution in [3.8, 4) is 5.00 Å². The molecule has 54 heavy (non-hydrogen) atoms. The Kier molecular flexibility index (Phi) is 14.2. The van der Waals surface area contributed by atoms with Gasteiger partial charge in [0.25, 0.3) is 0 Å². The zero-order chi connectivity index (χ0) is 38.0. The average Bonchev–Trinajstić information content (AvgIpc) is 3.63. The fourth-order valence-electron chi connectivity index (χ4n) is 6.48. The standard InChI is InChI=1S/C40H46ClN5O6S2/c1-25-26(2)53-40-37(25)38(29-9-11-30(41)12-10-29)43-33(39-45-44-27(3)46(39)40)24-36(49)42-15-17-51-19-21-52-20-18-50-16-5-7-28-6-4-8-32(22-28)54-35-14-13-31(47)23-34(35)48/h4,6,8-12,22,33,35H,5,7,13-21,23-24H2,1-3H3,(H,42,49)/t33-,35?/m0/s1.